The lowest BCUT2D eigenvalue weighted by Crippen LogP contribution is -2.22. The summed E-state index contributed by atoms with van der Waals surface area (Å²) >= 11 is 13.2. The van der Waals surface area contributed by atoms with Crippen LogP contribution in [0.4, 0.5) is 5.69 Å². The minimum Gasteiger partial charge on any atom is -0.431 e. The molecule has 4 nitrogen and oxygen atoms in total. The summed E-state index contributed by atoms with van der Waals surface area (Å²) in [7, 11) is 0. The van der Waals surface area contributed by atoms with Gasteiger partial charge in [0.25, 0.3) is 5.22 Å². The average molecular weight is 367 g/mol. The van der Waals surface area contributed by atoms with Gasteiger partial charge < -0.3 is 9.73 Å². The molecule has 0 spiro atoms. The molecule has 118 valence electrons. The normalized spacial score (nSPS) is 12.3. The van der Waals surface area contributed by atoms with Gasteiger partial charge in [-0.15, -0.1) is 0 Å². The van der Waals surface area contributed by atoms with Crippen LogP contribution >= 0.6 is 35.0 Å². The number of fused-ring (bicyclic) bond motifs is 1. The van der Waals surface area contributed by atoms with Crippen LogP contribution in [-0.4, -0.2) is 16.1 Å². The summed E-state index contributed by atoms with van der Waals surface area (Å²) in [6, 6.07) is 12.4. The third kappa shape index (κ3) is 3.80. The molecule has 0 radical (unpaired) electrons. The van der Waals surface area contributed by atoms with Gasteiger partial charge >= 0.3 is 0 Å². The van der Waals surface area contributed by atoms with E-state index in [0.717, 1.165) is 5.52 Å². The van der Waals surface area contributed by atoms with E-state index < -0.39 is 5.25 Å². The first-order chi connectivity index (χ1) is 11.0. The summed E-state index contributed by atoms with van der Waals surface area (Å²) < 4.78 is 5.61. The Labute approximate surface area is 147 Å². The second-order valence-corrected chi connectivity index (χ2v) is 6.96. The number of benzene rings is 2. The monoisotopic (exact) mass is 366 g/mol. The lowest BCUT2D eigenvalue weighted by Gasteiger charge is -2.11. The van der Waals surface area contributed by atoms with E-state index in [2.05, 4.69) is 10.3 Å². The van der Waals surface area contributed by atoms with E-state index in [9.17, 15) is 4.79 Å². The number of hydrogen-bond donors (Lipinski definition) is 1. The van der Waals surface area contributed by atoms with Crippen LogP contribution < -0.4 is 5.32 Å². The van der Waals surface area contributed by atoms with E-state index in [4.69, 9.17) is 27.6 Å². The van der Waals surface area contributed by atoms with Crippen molar-refractivity contribution in [3.63, 3.8) is 0 Å². The molecule has 1 atom stereocenters. The van der Waals surface area contributed by atoms with Crippen molar-refractivity contribution in [2.24, 2.45) is 0 Å². The van der Waals surface area contributed by atoms with Crippen molar-refractivity contribution in [1.82, 2.24) is 4.98 Å². The van der Waals surface area contributed by atoms with Crippen LogP contribution in [0.15, 0.2) is 52.1 Å². The third-order valence-electron chi connectivity index (χ3n) is 3.11. The topological polar surface area (TPSA) is 55.1 Å². The Morgan fingerprint density at radius 3 is 2.83 bits per heavy atom. The molecular weight excluding hydrogens is 355 g/mol. The minimum absolute atomic E-state index is 0.207. The van der Waals surface area contributed by atoms with E-state index in [-0.39, 0.29) is 5.91 Å². The second-order valence-electron chi connectivity index (χ2n) is 4.82. The number of carbonyl (C=O) groups excluding carboxylic acids is 1. The minimum atomic E-state index is -0.405. The largest absolute Gasteiger partial charge is 0.431 e. The predicted molar refractivity (Wildman–Crippen MR) is 94.4 cm³/mol. The fourth-order valence-corrected chi connectivity index (χ4v) is 3.03. The number of halogens is 2. The Morgan fingerprint density at radius 1 is 1.26 bits per heavy atom. The average Bonchev–Trinajstić information content (AvgIpc) is 2.93. The molecule has 0 aliphatic rings. The Hall–Kier alpha value is -1.69. The Balaban J connectivity index is 1.71. The van der Waals surface area contributed by atoms with Crippen molar-refractivity contribution in [3.05, 3.63) is 52.5 Å². The van der Waals surface area contributed by atoms with Crippen molar-refractivity contribution < 1.29 is 9.21 Å². The van der Waals surface area contributed by atoms with Gasteiger partial charge in [0.15, 0.2) is 5.58 Å². The number of carbonyl (C=O) groups is 1. The van der Waals surface area contributed by atoms with Crippen molar-refractivity contribution in [1.29, 1.82) is 0 Å². The highest BCUT2D eigenvalue weighted by atomic mass is 35.5. The lowest BCUT2D eigenvalue weighted by atomic mass is 10.3. The maximum absolute atomic E-state index is 12.3. The van der Waals surface area contributed by atoms with Gasteiger partial charge in [-0.25, -0.2) is 4.98 Å². The van der Waals surface area contributed by atoms with Crippen LogP contribution in [0.2, 0.25) is 10.0 Å². The fraction of sp³-hybridized carbons (Fsp3) is 0.125. The number of nitrogens with one attached hydrogen (secondary N) is 1. The highest BCUT2D eigenvalue weighted by Crippen LogP contribution is 2.29. The number of para-hydroxylation sites is 2. The molecule has 3 aromatic rings. The van der Waals surface area contributed by atoms with Gasteiger partial charge in [-0.2, -0.15) is 0 Å². The quantitative estimate of drug-likeness (QED) is 0.640. The van der Waals surface area contributed by atoms with Crippen molar-refractivity contribution >= 4 is 57.7 Å². The predicted octanol–water partition coefficient (Wildman–Crippen LogP) is 5.25. The number of anilines is 1. The van der Waals surface area contributed by atoms with E-state index in [0.29, 0.717) is 26.5 Å². The number of rotatable bonds is 4. The summed E-state index contributed by atoms with van der Waals surface area (Å²) in [6.45, 7) is 1.77. The summed E-state index contributed by atoms with van der Waals surface area (Å²) in [5.41, 5.74) is 1.94. The summed E-state index contributed by atoms with van der Waals surface area (Å²) in [5.74, 6) is -0.207. The maximum Gasteiger partial charge on any atom is 0.257 e. The number of nitrogens with zero attached hydrogens (tertiary/aromatic N) is 1. The molecule has 23 heavy (non-hydrogen) atoms. The van der Waals surface area contributed by atoms with Crippen LogP contribution in [0.5, 0.6) is 0 Å². The Morgan fingerprint density at radius 2 is 2.04 bits per heavy atom. The van der Waals surface area contributed by atoms with Gasteiger partial charge in [-0.1, -0.05) is 47.1 Å². The first kappa shape index (κ1) is 16.2. The first-order valence-electron chi connectivity index (χ1n) is 6.81. The maximum atomic E-state index is 12.3. The molecular formula is C16H12Cl2N2O2S. The summed E-state index contributed by atoms with van der Waals surface area (Å²) in [6.07, 6.45) is 0. The molecule has 3 rings (SSSR count). The SMILES string of the molecule is CC(Sc1nc2ccccc2o1)C(=O)Nc1cc(Cl)ccc1Cl. The van der Waals surface area contributed by atoms with Gasteiger partial charge in [-0.05, 0) is 37.3 Å². The molecule has 7 heteroatoms. The van der Waals surface area contributed by atoms with Gasteiger partial charge in [-0.3, -0.25) is 4.79 Å². The molecule has 1 unspecified atom stereocenters. The van der Waals surface area contributed by atoms with Crippen LogP contribution in [0.25, 0.3) is 11.1 Å². The standard InChI is InChI=1S/C16H12Cl2N2O2S/c1-9(15(21)19-13-8-10(17)6-7-11(13)18)23-16-20-12-4-2-3-5-14(12)22-16/h2-9H,1H3,(H,19,21). The van der Waals surface area contributed by atoms with Gasteiger partial charge in [0.2, 0.25) is 5.91 Å². The molecule has 2 aromatic carbocycles. The number of thioether (sulfide) groups is 1. The molecule has 1 aromatic heterocycles. The lowest BCUT2D eigenvalue weighted by molar-refractivity contribution is -0.115. The van der Waals surface area contributed by atoms with E-state index >= 15 is 0 Å². The molecule has 0 fully saturated rings. The van der Waals surface area contributed by atoms with Crippen LogP contribution in [-0.2, 0) is 4.79 Å². The third-order valence-corrected chi connectivity index (χ3v) is 4.62. The Bertz CT molecular complexity index is 833. The van der Waals surface area contributed by atoms with Gasteiger partial charge in [0.1, 0.15) is 5.52 Å². The molecule has 0 bridgehead atoms. The van der Waals surface area contributed by atoms with Gasteiger partial charge in [0.05, 0.1) is 16.0 Å². The number of hydrogen-bond acceptors (Lipinski definition) is 4. The highest BCUT2D eigenvalue weighted by Gasteiger charge is 2.19. The molecule has 0 saturated heterocycles. The van der Waals surface area contributed by atoms with Crippen molar-refractivity contribution in [2.75, 3.05) is 5.32 Å². The van der Waals surface area contributed by atoms with Crippen LogP contribution in [0.3, 0.4) is 0 Å². The second kappa shape index (κ2) is 6.83. The van der Waals surface area contributed by atoms with E-state index in [1.54, 1.807) is 25.1 Å². The highest BCUT2D eigenvalue weighted by molar-refractivity contribution is 8.00. The van der Waals surface area contributed by atoms with Crippen molar-refractivity contribution in [3.8, 4) is 0 Å². The zero-order valence-electron chi connectivity index (χ0n) is 12.0. The molecule has 0 aliphatic heterocycles. The first-order valence-corrected chi connectivity index (χ1v) is 8.44. The van der Waals surface area contributed by atoms with Crippen LogP contribution in [0, 0.1) is 0 Å². The zero-order valence-corrected chi connectivity index (χ0v) is 14.4. The van der Waals surface area contributed by atoms with E-state index in [1.165, 1.54) is 11.8 Å². The number of oxazole rings is 1. The number of amides is 1. The Kier molecular flexibility index (Phi) is 4.80. The van der Waals surface area contributed by atoms with E-state index in [1.807, 2.05) is 24.3 Å². The van der Waals surface area contributed by atoms with Crippen LogP contribution in [0.1, 0.15) is 6.92 Å². The number of aromatic nitrogens is 1. The van der Waals surface area contributed by atoms with Crippen molar-refractivity contribution in [2.45, 2.75) is 17.4 Å². The smallest absolute Gasteiger partial charge is 0.257 e. The zero-order chi connectivity index (χ0) is 16.4. The molecule has 0 saturated carbocycles. The summed E-state index contributed by atoms with van der Waals surface area (Å²) in [4.78, 5) is 16.6. The molecule has 0 aliphatic carbocycles. The molecule has 1 heterocycles. The van der Waals surface area contributed by atoms with Gasteiger partial charge in [0, 0.05) is 5.02 Å². The summed E-state index contributed by atoms with van der Waals surface area (Å²) in [5, 5.41) is 3.74. The molecule has 1 amide bonds. The molecule has 1 N–H and O–H groups in total. The fourth-order valence-electron chi connectivity index (χ4n) is 1.93.